The van der Waals surface area contributed by atoms with E-state index in [0.717, 1.165) is 41.8 Å². The van der Waals surface area contributed by atoms with Crippen molar-refractivity contribution in [2.45, 2.75) is 38.7 Å². The highest BCUT2D eigenvalue weighted by Gasteiger charge is 2.26. The largest absolute Gasteiger partial charge is 0.493 e. The zero-order chi connectivity index (χ0) is 23.4. The summed E-state index contributed by atoms with van der Waals surface area (Å²) in [6.45, 7) is 5.65. The van der Waals surface area contributed by atoms with Gasteiger partial charge < -0.3 is 19.1 Å². The summed E-state index contributed by atoms with van der Waals surface area (Å²) in [7, 11) is 3.20. The van der Waals surface area contributed by atoms with Crippen LogP contribution in [-0.4, -0.2) is 49.5 Å². The maximum absolute atomic E-state index is 12.5. The Balaban J connectivity index is 1.46. The van der Waals surface area contributed by atoms with Crippen molar-refractivity contribution >= 4 is 28.5 Å². The third-order valence-electron chi connectivity index (χ3n) is 5.89. The number of piperidine rings is 1. The first kappa shape index (κ1) is 22.6. The normalized spacial score (nSPS) is 16.0. The van der Waals surface area contributed by atoms with Crippen LogP contribution in [0.3, 0.4) is 0 Å². The van der Waals surface area contributed by atoms with Crippen molar-refractivity contribution < 1.29 is 19.0 Å². The number of nitrogens with one attached hydrogen (secondary N) is 1. The number of fused-ring (bicyclic) bond motifs is 1. The zero-order valence-electron chi connectivity index (χ0n) is 19.5. The van der Waals surface area contributed by atoms with Gasteiger partial charge in [-0.05, 0) is 42.5 Å². The maximum atomic E-state index is 12.5. The van der Waals surface area contributed by atoms with Gasteiger partial charge in [-0.3, -0.25) is 5.32 Å². The fourth-order valence-electron chi connectivity index (χ4n) is 4.10. The number of aromatic nitrogens is 2. The average molecular weight is 451 g/mol. The molecule has 1 N–H and O–H groups in total. The van der Waals surface area contributed by atoms with Gasteiger partial charge in [0.1, 0.15) is 18.2 Å². The van der Waals surface area contributed by atoms with Gasteiger partial charge in [0.05, 0.1) is 26.3 Å². The molecule has 1 aromatic heterocycles. The van der Waals surface area contributed by atoms with Crippen molar-refractivity contribution in [3.63, 3.8) is 0 Å². The van der Waals surface area contributed by atoms with Crippen LogP contribution < -0.4 is 19.7 Å². The van der Waals surface area contributed by atoms with Gasteiger partial charge in [-0.25, -0.2) is 14.8 Å². The Morgan fingerprint density at radius 1 is 1.09 bits per heavy atom. The minimum absolute atomic E-state index is 0.237. The molecule has 1 amide bonds. The van der Waals surface area contributed by atoms with Gasteiger partial charge in [0.25, 0.3) is 0 Å². The average Bonchev–Trinajstić information content (AvgIpc) is 2.83. The highest BCUT2D eigenvalue weighted by molar-refractivity contribution is 5.92. The fraction of sp³-hybridized carbons (Fsp3) is 0.400. The second kappa shape index (κ2) is 9.94. The van der Waals surface area contributed by atoms with Gasteiger partial charge in [0, 0.05) is 23.7 Å². The van der Waals surface area contributed by atoms with E-state index in [1.807, 2.05) is 36.4 Å². The number of benzene rings is 2. The summed E-state index contributed by atoms with van der Waals surface area (Å²) in [5.74, 6) is 2.47. The number of hydrogen-bond acceptors (Lipinski definition) is 7. The number of anilines is 2. The molecule has 0 radical (unpaired) electrons. The lowest BCUT2D eigenvalue weighted by Gasteiger charge is -2.33. The molecule has 2 aromatic carbocycles. The number of rotatable bonds is 6. The second-order valence-corrected chi connectivity index (χ2v) is 8.44. The highest BCUT2D eigenvalue weighted by Crippen LogP contribution is 2.35. The van der Waals surface area contributed by atoms with Crippen LogP contribution >= 0.6 is 0 Å². The molecule has 3 aromatic rings. The lowest BCUT2D eigenvalue weighted by molar-refractivity contribution is 0.100. The van der Waals surface area contributed by atoms with Crippen molar-refractivity contribution in [1.82, 2.24) is 9.97 Å². The van der Waals surface area contributed by atoms with E-state index in [-0.39, 0.29) is 6.10 Å². The van der Waals surface area contributed by atoms with Crippen LogP contribution in [0.2, 0.25) is 0 Å². The van der Waals surface area contributed by atoms with Crippen molar-refractivity contribution in [3.05, 3.63) is 48.3 Å². The number of nitrogens with zero attached hydrogens (tertiary/aromatic N) is 3. The minimum atomic E-state index is -0.446. The summed E-state index contributed by atoms with van der Waals surface area (Å²) in [6.07, 6.45) is 2.55. The molecule has 33 heavy (non-hydrogen) atoms. The van der Waals surface area contributed by atoms with E-state index < -0.39 is 6.09 Å². The van der Waals surface area contributed by atoms with Crippen LogP contribution in [0.15, 0.2) is 42.7 Å². The summed E-state index contributed by atoms with van der Waals surface area (Å²) >= 11 is 0. The summed E-state index contributed by atoms with van der Waals surface area (Å²) in [5.41, 5.74) is 2.71. The highest BCUT2D eigenvalue weighted by atomic mass is 16.6. The summed E-state index contributed by atoms with van der Waals surface area (Å²) in [6, 6.07) is 11.6. The van der Waals surface area contributed by atoms with E-state index in [9.17, 15) is 4.79 Å². The van der Waals surface area contributed by atoms with Gasteiger partial charge in [0.15, 0.2) is 11.5 Å². The number of hydrogen-bond donors (Lipinski definition) is 1. The Kier molecular flexibility index (Phi) is 6.82. The van der Waals surface area contributed by atoms with Crippen LogP contribution in [0, 0.1) is 0 Å². The minimum Gasteiger partial charge on any atom is -0.493 e. The van der Waals surface area contributed by atoms with E-state index in [0.29, 0.717) is 24.0 Å². The molecule has 4 rings (SSSR count). The van der Waals surface area contributed by atoms with Crippen molar-refractivity contribution in [2.24, 2.45) is 0 Å². The fourth-order valence-corrected chi connectivity index (χ4v) is 4.10. The van der Waals surface area contributed by atoms with Gasteiger partial charge in [-0.1, -0.05) is 26.0 Å². The van der Waals surface area contributed by atoms with Crippen molar-refractivity contribution in [1.29, 1.82) is 0 Å². The van der Waals surface area contributed by atoms with Crippen LogP contribution in [0.5, 0.6) is 11.5 Å². The monoisotopic (exact) mass is 450 g/mol. The number of amides is 1. The summed E-state index contributed by atoms with van der Waals surface area (Å²) in [5, 5.41) is 3.70. The first-order valence-electron chi connectivity index (χ1n) is 11.2. The molecule has 1 fully saturated rings. The van der Waals surface area contributed by atoms with Crippen molar-refractivity contribution in [2.75, 3.05) is 37.5 Å². The number of carbonyl (C=O) groups is 1. The van der Waals surface area contributed by atoms with Crippen LogP contribution in [-0.2, 0) is 4.74 Å². The molecule has 1 aliphatic heterocycles. The van der Waals surface area contributed by atoms with Crippen LogP contribution in [0.4, 0.5) is 16.3 Å². The van der Waals surface area contributed by atoms with E-state index in [2.05, 4.69) is 34.0 Å². The SMILES string of the molecule is COc1cc2ncnc(N3CCCC(OC(=O)Nc4ccc(C(C)C)cc4)C3)c2cc1OC. The maximum Gasteiger partial charge on any atom is 0.411 e. The molecular weight excluding hydrogens is 420 g/mol. The number of carbonyl (C=O) groups excluding carboxylic acids is 1. The van der Waals surface area contributed by atoms with E-state index in [1.54, 1.807) is 20.5 Å². The molecule has 0 aliphatic carbocycles. The van der Waals surface area contributed by atoms with E-state index in [1.165, 1.54) is 5.56 Å². The Hall–Kier alpha value is -3.55. The van der Waals surface area contributed by atoms with Gasteiger partial charge >= 0.3 is 6.09 Å². The Bertz CT molecular complexity index is 1120. The third kappa shape index (κ3) is 5.10. The topological polar surface area (TPSA) is 85.8 Å². The molecule has 0 spiro atoms. The standard InChI is InChI=1S/C25H30N4O4/c1-16(2)17-7-9-18(10-8-17)28-25(30)33-19-6-5-11-29(14-19)24-20-12-22(31-3)23(32-4)13-21(20)26-15-27-24/h7-10,12-13,15-16,19H,5-6,11,14H2,1-4H3,(H,28,30). The van der Waals surface area contributed by atoms with Gasteiger partial charge in [-0.15, -0.1) is 0 Å². The lowest BCUT2D eigenvalue weighted by Crippen LogP contribution is -2.41. The molecule has 8 heteroatoms. The molecule has 0 saturated carbocycles. The van der Waals surface area contributed by atoms with E-state index >= 15 is 0 Å². The van der Waals surface area contributed by atoms with Gasteiger partial charge in [0.2, 0.25) is 0 Å². The Labute approximate surface area is 193 Å². The quantitative estimate of drug-likeness (QED) is 0.566. The third-order valence-corrected chi connectivity index (χ3v) is 5.89. The van der Waals surface area contributed by atoms with Gasteiger partial charge in [-0.2, -0.15) is 0 Å². The molecule has 1 atom stereocenters. The number of methoxy groups -OCH3 is 2. The zero-order valence-corrected chi connectivity index (χ0v) is 19.5. The first-order chi connectivity index (χ1) is 16.0. The number of ether oxygens (including phenoxy) is 3. The second-order valence-electron chi connectivity index (χ2n) is 8.44. The molecule has 8 nitrogen and oxygen atoms in total. The first-order valence-corrected chi connectivity index (χ1v) is 11.2. The molecular formula is C25H30N4O4. The van der Waals surface area contributed by atoms with Crippen molar-refractivity contribution in [3.8, 4) is 11.5 Å². The Morgan fingerprint density at radius 2 is 1.82 bits per heavy atom. The lowest BCUT2D eigenvalue weighted by atomic mass is 10.0. The van der Waals surface area contributed by atoms with Crippen LogP contribution in [0.1, 0.15) is 38.2 Å². The summed E-state index contributed by atoms with van der Waals surface area (Å²) in [4.78, 5) is 23.5. The van der Waals surface area contributed by atoms with Crippen LogP contribution in [0.25, 0.3) is 10.9 Å². The molecule has 0 bridgehead atoms. The molecule has 1 aliphatic rings. The smallest absolute Gasteiger partial charge is 0.411 e. The molecule has 2 heterocycles. The van der Waals surface area contributed by atoms with E-state index in [4.69, 9.17) is 14.2 Å². The molecule has 1 unspecified atom stereocenters. The predicted molar refractivity (Wildman–Crippen MR) is 129 cm³/mol. The molecule has 174 valence electrons. The molecule has 1 saturated heterocycles. The predicted octanol–water partition coefficient (Wildman–Crippen LogP) is 4.99. The Morgan fingerprint density at radius 3 is 2.52 bits per heavy atom. The summed E-state index contributed by atoms with van der Waals surface area (Å²) < 4.78 is 16.6.